The first-order valence-corrected chi connectivity index (χ1v) is 6.40. The summed E-state index contributed by atoms with van der Waals surface area (Å²) in [5.41, 5.74) is 8.98. The molecule has 0 bridgehead atoms. The second-order valence-corrected chi connectivity index (χ2v) is 5.25. The lowest BCUT2D eigenvalue weighted by Gasteiger charge is -2.16. The highest BCUT2D eigenvalue weighted by Crippen LogP contribution is 2.29. The fraction of sp³-hybridized carbons (Fsp3) is 0.308. The Bertz CT molecular complexity index is 482. The third-order valence-electron chi connectivity index (χ3n) is 2.86. The summed E-state index contributed by atoms with van der Waals surface area (Å²) in [5.74, 6) is 0. The molecular formula is C13H17N3S. The third-order valence-corrected chi connectivity index (χ3v) is 4.01. The van der Waals surface area contributed by atoms with E-state index in [1.165, 1.54) is 4.88 Å². The Morgan fingerprint density at radius 3 is 2.35 bits per heavy atom. The van der Waals surface area contributed by atoms with Crippen LogP contribution in [0.2, 0.25) is 0 Å². The number of nitrogens with two attached hydrogens (primary N) is 1. The number of hydrogen-bond acceptors (Lipinski definition) is 4. The molecule has 17 heavy (non-hydrogen) atoms. The van der Waals surface area contributed by atoms with E-state index in [2.05, 4.69) is 41.1 Å². The zero-order valence-electron chi connectivity index (χ0n) is 10.4. The molecule has 1 aromatic heterocycles. The van der Waals surface area contributed by atoms with E-state index in [1.54, 1.807) is 11.3 Å². The number of hydrogen-bond donors (Lipinski definition) is 1. The average molecular weight is 247 g/mol. The summed E-state index contributed by atoms with van der Waals surface area (Å²) in [6.45, 7) is 4.72. The van der Waals surface area contributed by atoms with Crippen molar-refractivity contribution in [2.75, 3.05) is 11.9 Å². The highest BCUT2D eigenvalue weighted by atomic mass is 32.1. The average Bonchev–Trinajstić information content (AvgIpc) is 2.69. The van der Waals surface area contributed by atoms with E-state index in [4.69, 9.17) is 5.73 Å². The number of aromatic nitrogens is 1. The summed E-state index contributed by atoms with van der Waals surface area (Å²) in [6.07, 6.45) is 0. The van der Waals surface area contributed by atoms with Crippen molar-refractivity contribution in [3.63, 3.8) is 0 Å². The molecule has 0 saturated heterocycles. The van der Waals surface area contributed by atoms with Gasteiger partial charge in [-0.3, -0.25) is 0 Å². The summed E-state index contributed by atoms with van der Waals surface area (Å²) in [6, 6.07) is 8.26. The molecule has 3 nitrogen and oxygen atoms in total. The minimum Gasteiger partial charge on any atom is -0.326 e. The topological polar surface area (TPSA) is 42.2 Å². The molecule has 0 atom stereocenters. The molecule has 4 heteroatoms. The SMILES string of the molecule is Cc1nc(N(C)c2ccc(CN)cc2)sc1C. The van der Waals surface area contributed by atoms with Crippen molar-refractivity contribution < 1.29 is 0 Å². The van der Waals surface area contributed by atoms with Crippen molar-refractivity contribution in [1.29, 1.82) is 0 Å². The number of thiazole rings is 1. The monoisotopic (exact) mass is 247 g/mol. The van der Waals surface area contributed by atoms with Crippen LogP contribution in [0.25, 0.3) is 0 Å². The van der Waals surface area contributed by atoms with Crippen LogP contribution in [0.4, 0.5) is 10.8 Å². The van der Waals surface area contributed by atoms with Gasteiger partial charge in [-0.05, 0) is 31.5 Å². The Balaban J connectivity index is 2.26. The van der Waals surface area contributed by atoms with Crippen molar-refractivity contribution in [2.24, 2.45) is 5.73 Å². The predicted octanol–water partition coefficient (Wildman–Crippen LogP) is 2.99. The largest absolute Gasteiger partial charge is 0.326 e. The number of nitrogens with zero attached hydrogens (tertiary/aromatic N) is 2. The van der Waals surface area contributed by atoms with Crippen LogP contribution < -0.4 is 10.6 Å². The third kappa shape index (κ3) is 2.48. The molecule has 2 aromatic rings. The van der Waals surface area contributed by atoms with Gasteiger partial charge in [0.05, 0.1) is 5.69 Å². The minimum absolute atomic E-state index is 0.583. The zero-order valence-corrected chi connectivity index (χ0v) is 11.2. The van der Waals surface area contributed by atoms with Gasteiger partial charge in [-0.2, -0.15) is 0 Å². The van der Waals surface area contributed by atoms with Gasteiger partial charge in [0.1, 0.15) is 0 Å². The van der Waals surface area contributed by atoms with Crippen LogP contribution in [0.15, 0.2) is 24.3 Å². The molecular weight excluding hydrogens is 230 g/mol. The first kappa shape index (κ1) is 12.1. The van der Waals surface area contributed by atoms with Crippen LogP contribution in [0.3, 0.4) is 0 Å². The van der Waals surface area contributed by atoms with Gasteiger partial charge in [0.25, 0.3) is 0 Å². The van der Waals surface area contributed by atoms with E-state index in [-0.39, 0.29) is 0 Å². The Hall–Kier alpha value is -1.39. The molecule has 0 aliphatic carbocycles. The van der Waals surface area contributed by atoms with Gasteiger partial charge in [0.2, 0.25) is 0 Å². The molecule has 0 aliphatic rings. The number of aryl methyl sites for hydroxylation is 2. The van der Waals surface area contributed by atoms with Crippen molar-refractivity contribution >= 4 is 22.2 Å². The molecule has 1 aromatic carbocycles. The highest BCUT2D eigenvalue weighted by molar-refractivity contribution is 7.15. The van der Waals surface area contributed by atoms with E-state index in [0.29, 0.717) is 6.54 Å². The van der Waals surface area contributed by atoms with Crippen LogP contribution in [-0.4, -0.2) is 12.0 Å². The van der Waals surface area contributed by atoms with E-state index in [0.717, 1.165) is 22.1 Å². The predicted molar refractivity (Wildman–Crippen MR) is 74.0 cm³/mol. The summed E-state index contributed by atoms with van der Waals surface area (Å²) in [5, 5.41) is 1.03. The maximum Gasteiger partial charge on any atom is 0.190 e. The van der Waals surface area contributed by atoms with Gasteiger partial charge in [0, 0.05) is 24.2 Å². The Kier molecular flexibility index (Phi) is 3.45. The van der Waals surface area contributed by atoms with Gasteiger partial charge >= 0.3 is 0 Å². The summed E-state index contributed by atoms with van der Waals surface area (Å²) in [7, 11) is 2.04. The van der Waals surface area contributed by atoms with Crippen molar-refractivity contribution in [2.45, 2.75) is 20.4 Å². The Morgan fingerprint density at radius 2 is 1.88 bits per heavy atom. The van der Waals surface area contributed by atoms with Gasteiger partial charge < -0.3 is 10.6 Å². The Morgan fingerprint density at radius 1 is 1.24 bits per heavy atom. The molecule has 0 fully saturated rings. The number of rotatable bonds is 3. The molecule has 0 saturated carbocycles. The summed E-state index contributed by atoms with van der Waals surface area (Å²) < 4.78 is 0. The summed E-state index contributed by atoms with van der Waals surface area (Å²) >= 11 is 1.72. The van der Waals surface area contributed by atoms with Crippen molar-refractivity contribution in [3.05, 3.63) is 40.4 Å². The van der Waals surface area contributed by atoms with Crippen LogP contribution in [0.1, 0.15) is 16.1 Å². The normalized spacial score (nSPS) is 10.6. The second-order valence-electron chi connectivity index (χ2n) is 4.07. The number of anilines is 2. The molecule has 0 aliphatic heterocycles. The maximum absolute atomic E-state index is 5.59. The zero-order chi connectivity index (χ0) is 12.4. The molecule has 0 spiro atoms. The van der Waals surface area contributed by atoms with E-state index in [9.17, 15) is 0 Å². The molecule has 0 unspecified atom stereocenters. The lowest BCUT2D eigenvalue weighted by Crippen LogP contribution is -2.09. The van der Waals surface area contributed by atoms with Gasteiger partial charge in [-0.25, -0.2) is 4.98 Å². The van der Waals surface area contributed by atoms with Gasteiger partial charge in [-0.1, -0.05) is 12.1 Å². The quantitative estimate of drug-likeness (QED) is 0.906. The molecule has 2 N–H and O–H groups in total. The van der Waals surface area contributed by atoms with Crippen LogP contribution in [0.5, 0.6) is 0 Å². The fourth-order valence-electron chi connectivity index (χ4n) is 1.57. The molecule has 2 rings (SSSR count). The van der Waals surface area contributed by atoms with Crippen LogP contribution >= 0.6 is 11.3 Å². The van der Waals surface area contributed by atoms with Crippen LogP contribution in [0, 0.1) is 13.8 Å². The first-order chi connectivity index (χ1) is 8.11. The maximum atomic E-state index is 5.59. The van der Waals surface area contributed by atoms with E-state index < -0.39 is 0 Å². The highest BCUT2D eigenvalue weighted by Gasteiger charge is 2.09. The second kappa shape index (κ2) is 4.85. The fourth-order valence-corrected chi connectivity index (χ4v) is 2.46. The van der Waals surface area contributed by atoms with E-state index in [1.807, 2.05) is 14.0 Å². The lowest BCUT2D eigenvalue weighted by atomic mass is 10.2. The minimum atomic E-state index is 0.583. The molecule has 0 radical (unpaired) electrons. The van der Waals surface area contributed by atoms with Crippen molar-refractivity contribution in [1.82, 2.24) is 4.98 Å². The van der Waals surface area contributed by atoms with E-state index >= 15 is 0 Å². The Labute approximate surface area is 106 Å². The molecule has 1 heterocycles. The van der Waals surface area contributed by atoms with Gasteiger partial charge in [-0.15, -0.1) is 11.3 Å². The van der Waals surface area contributed by atoms with Crippen molar-refractivity contribution in [3.8, 4) is 0 Å². The number of benzene rings is 1. The summed E-state index contributed by atoms with van der Waals surface area (Å²) in [4.78, 5) is 7.92. The first-order valence-electron chi connectivity index (χ1n) is 5.58. The van der Waals surface area contributed by atoms with Crippen LogP contribution in [-0.2, 0) is 6.54 Å². The molecule has 0 amide bonds. The van der Waals surface area contributed by atoms with Gasteiger partial charge in [0.15, 0.2) is 5.13 Å². The standard InChI is InChI=1S/C13H17N3S/c1-9-10(2)17-13(15-9)16(3)12-6-4-11(8-14)5-7-12/h4-7H,8,14H2,1-3H3. The smallest absolute Gasteiger partial charge is 0.190 e. The molecule has 90 valence electrons. The lowest BCUT2D eigenvalue weighted by molar-refractivity contribution is 1.07.